The van der Waals surface area contributed by atoms with Gasteiger partial charge in [-0.1, -0.05) is 6.42 Å². The molecule has 1 aromatic carbocycles. The Morgan fingerprint density at radius 2 is 1.73 bits per heavy atom. The number of ketones is 1. The van der Waals surface area contributed by atoms with Gasteiger partial charge in [0.25, 0.3) is 5.91 Å². The van der Waals surface area contributed by atoms with E-state index in [-0.39, 0.29) is 29.6 Å². The number of carbonyl (C=O) groups excluding carboxylic acids is 3. The molecule has 3 rings (SSSR count). The van der Waals surface area contributed by atoms with Gasteiger partial charge in [0.1, 0.15) is 11.5 Å². The van der Waals surface area contributed by atoms with E-state index in [4.69, 9.17) is 9.47 Å². The Morgan fingerprint density at radius 3 is 2.31 bits per heavy atom. The maximum Gasteiger partial charge on any atom is 0.309 e. The third kappa shape index (κ3) is 4.06. The molecule has 1 aromatic rings. The Bertz CT molecular complexity index is 668. The zero-order valence-electron chi connectivity index (χ0n) is 15.2. The number of hydrogen-bond donors (Lipinski definition) is 1. The predicted molar refractivity (Wildman–Crippen MR) is 95.7 cm³/mol. The molecule has 2 saturated carbocycles. The summed E-state index contributed by atoms with van der Waals surface area (Å²) in [6.45, 7) is 1.56. The molecule has 0 saturated heterocycles. The predicted octanol–water partition coefficient (Wildman–Crippen LogP) is 2.96. The Hall–Kier alpha value is -2.37. The van der Waals surface area contributed by atoms with E-state index in [0.717, 1.165) is 19.3 Å². The number of amides is 1. The number of rotatable bonds is 5. The van der Waals surface area contributed by atoms with Gasteiger partial charge in [-0.05, 0) is 56.9 Å². The number of esters is 1. The molecular formula is C20H25NO5. The minimum atomic E-state index is -0.887. The van der Waals surface area contributed by atoms with E-state index in [9.17, 15) is 14.4 Å². The lowest BCUT2D eigenvalue weighted by Crippen LogP contribution is -2.41. The highest BCUT2D eigenvalue weighted by atomic mass is 16.5. The molecular weight excluding hydrogens is 334 g/mol. The van der Waals surface area contributed by atoms with Crippen molar-refractivity contribution in [2.24, 2.45) is 17.8 Å². The van der Waals surface area contributed by atoms with Crippen LogP contribution >= 0.6 is 0 Å². The van der Waals surface area contributed by atoms with Crippen molar-refractivity contribution >= 4 is 23.3 Å². The lowest BCUT2D eigenvalue weighted by molar-refractivity contribution is -0.161. The summed E-state index contributed by atoms with van der Waals surface area (Å²) in [5.41, 5.74) is 0.608. The number of nitrogens with one attached hydrogen (secondary N) is 1. The minimum absolute atomic E-state index is 0.0107. The molecule has 2 aliphatic carbocycles. The summed E-state index contributed by atoms with van der Waals surface area (Å²) < 4.78 is 10.5. The van der Waals surface area contributed by atoms with Crippen molar-refractivity contribution in [3.63, 3.8) is 0 Å². The van der Waals surface area contributed by atoms with Crippen molar-refractivity contribution in [1.82, 2.24) is 0 Å². The van der Waals surface area contributed by atoms with E-state index >= 15 is 0 Å². The Balaban J connectivity index is 1.53. The monoisotopic (exact) mass is 359 g/mol. The number of fused-ring (bicyclic) bond motifs is 2. The largest absolute Gasteiger partial charge is 0.497 e. The highest BCUT2D eigenvalue weighted by Gasteiger charge is 2.42. The smallest absolute Gasteiger partial charge is 0.309 e. The number of carbonyl (C=O) groups is 3. The first kappa shape index (κ1) is 18.4. The van der Waals surface area contributed by atoms with Crippen molar-refractivity contribution in [2.45, 2.75) is 45.1 Å². The van der Waals surface area contributed by atoms with Crippen LogP contribution in [0.15, 0.2) is 24.3 Å². The van der Waals surface area contributed by atoms with E-state index in [1.807, 2.05) is 0 Å². The first-order valence-corrected chi connectivity index (χ1v) is 9.17. The van der Waals surface area contributed by atoms with Gasteiger partial charge >= 0.3 is 5.97 Å². The number of benzene rings is 1. The fourth-order valence-electron chi connectivity index (χ4n) is 3.91. The van der Waals surface area contributed by atoms with Gasteiger partial charge in [-0.2, -0.15) is 0 Å². The summed E-state index contributed by atoms with van der Waals surface area (Å²) in [6.07, 6.45) is 3.02. The molecule has 2 bridgehead atoms. The molecule has 6 nitrogen and oxygen atoms in total. The molecule has 6 heteroatoms. The summed E-state index contributed by atoms with van der Waals surface area (Å²) in [4.78, 5) is 36.8. The quantitative estimate of drug-likeness (QED) is 0.818. The SMILES string of the molecule is COc1ccc(NC(=O)C(C)OC(=O)C2CC3CCCC(C2)C3=O)cc1. The van der Waals surface area contributed by atoms with Crippen molar-refractivity contribution in [2.75, 3.05) is 12.4 Å². The minimum Gasteiger partial charge on any atom is -0.497 e. The van der Waals surface area contributed by atoms with Crippen LogP contribution in [0.2, 0.25) is 0 Å². The van der Waals surface area contributed by atoms with Crippen molar-refractivity contribution in [1.29, 1.82) is 0 Å². The van der Waals surface area contributed by atoms with Gasteiger partial charge in [0, 0.05) is 17.5 Å². The van der Waals surface area contributed by atoms with Crippen LogP contribution in [0.4, 0.5) is 5.69 Å². The molecule has 3 unspecified atom stereocenters. The molecule has 0 heterocycles. The summed E-state index contributed by atoms with van der Waals surface area (Å²) in [6, 6.07) is 6.92. The Morgan fingerprint density at radius 1 is 1.12 bits per heavy atom. The molecule has 1 N–H and O–H groups in total. The highest BCUT2D eigenvalue weighted by molar-refractivity contribution is 5.95. The average molecular weight is 359 g/mol. The Labute approximate surface area is 153 Å². The maximum absolute atomic E-state index is 12.5. The van der Waals surface area contributed by atoms with Gasteiger partial charge in [0.05, 0.1) is 13.0 Å². The second-order valence-corrected chi connectivity index (χ2v) is 7.19. The highest BCUT2D eigenvalue weighted by Crippen LogP contribution is 2.40. The second kappa shape index (κ2) is 7.89. The number of methoxy groups -OCH3 is 1. The standard InChI is InChI=1S/C20H25NO5/c1-12(19(23)21-16-6-8-17(25-2)9-7-16)26-20(24)15-10-13-4-3-5-14(11-15)18(13)22/h6-9,12-15H,3-5,10-11H2,1-2H3,(H,21,23). The summed E-state index contributed by atoms with van der Waals surface area (Å²) in [5, 5.41) is 2.72. The number of hydrogen-bond acceptors (Lipinski definition) is 5. The first-order chi connectivity index (χ1) is 12.5. The van der Waals surface area contributed by atoms with Crippen molar-refractivity contribution in [3.05, 3.63) is 24.3 Å². The topological polar surface area (TPSA) is 81.7 Å². The molecule has 0 aliphatic heterocycles. The van der Waals surface area contributed by atoms with Gasteiger partial charge in [-0.15, -0.1) is 0 Å². The molecule has 0 radical (unpaired) electrons. The van der Waals surface area contributed by atoms with E-state index < -0.39 is 6.10 Å². The maximum atomic E-state index is 12.5. The van der Waals surface area contributed by atoms with Gasteiger partial charge in [0.15, 0.2) is 6.10 Å². The second-order valence-electron chi connectivity index (χ2n) is 7.19. The van der Waals surface area contributed by atoms with E-state index in [0.29, 0.717) is 30.1 Å². The van der Waals surface area contributed by atoms with Crippen molar-refractivity contribution < 1.29 is 23.9 Å². The molecule has 2 fully saturated rings. The summed E-state index contributed by atoms with van der Waals surface area (Å²) in [7, 11) is 1.57. The normalized spacial score (nSPS) is 25.9. The fraction of sp³-hybridized carbons (Fsp3) is 0.550. The lowest BCUT2D eigenvalue weighted by atomic mass is 9.67. The molecule has 26 heavy (non-hydrogen) atoms. The molecule has 140 valence electrons. The molecule has 3 atom stereocenters. The van der Waals surface area contributed by atoms with Crippen LogP contribution in [0.1, 0.15) is 39.0 Å². The molecule has 0 spiro atoms. The third-order valence-electron chi connectivity index (χ3n) is 5.40. The zero-order valence-corrected chi connectivity index (χ0v) is 15.2. The van der Waals surface area contributed by atoms with Crippen LogP contribution < -0.4 is 10.1 Å². The molecule has 1 amide bonds. The zero-order chi connectivity index (χ0) is 18.7. The van der Waals surface area contributed by atoms with Gasteiger partial charge in [-0.3, -0.25) is 14.4 Å². The van der Waals surface area contributed by atoms with E-state index in [1.165, 1.54) is 0 Å². The fourth-order valence-corrected chi connectivity index (χ4v) is 3.91. The Kier molecular flexibility index (Phi) is 5.59. The summed E-state index contributed by atoms with van der Waals surface area (Å²) >= 11 is 0. The lowest BCUT2D eigenvalue weighted by Gasteiger charge is -2.36. The number of ether oxygens (including phenoxy) is 2. The number of Topliss-reactive ketones (excluding diaryl/α,β-unsaturated/α-hetero) is 1. The number of anilines is 1. The van der Waals surface area contributed by atoms with Gasteiger partial charge in [0.2, 0.25) is 0 Å². The molecule has 0 aromatic heterocycles. The van der Waals surface area contributed by atoms with Crippen LogP contribution in [0.5, 0.6) is 5.75 Å². The van der Waals surface area contributed by atoms with Crippen LogP contribution in [0.3, 0.4) is 0 Å². The van der Waals surface area contributed by atoms with Crippen molar-refractivity contribution in [3.8, 4) is 5.75 Å². The van der Waals surface area contributed by atoms with Crippen LogP contribution in [0, 0.1) is 17.8 Å². The van der Waals surface area contributed by atoms with Crippen LogP contribution in [-0.4, -0.2) is 30.9 Å². The van der Waals surface area contributed by atoms with E-state index in [1.54, 1.807) is 38.3 Å². The van der Waals surface area contributed by atoms with Crippen LogP contribution in [-0.2, 0) is 19.1 Å². The first-order valence-electron chi connectivity index (χ1n) is 9.17. The average Bonchev–Trinajstić information content (AvgIpc) is 2.62. The molecule has 2 aliphatic rings. The summed E-state index contributed by atoms with van der Waals surface area (Å²) in [5.74, 6) is -0.0426. The van der Waals surface area contributed by atoms with Crippen LogP contribution in [0.25, 0.3) is 0 Å². The van der Waals surface area contributed by atoms with E-state index in [2.05, 4.69) is 5.32 Å². The third-order valence-corrected chi connectivity index (χ3v) is 5.40. The van der Waals surface area contributed by atoms with Gasteiger partial charge < -0.3 is 14.8 Å². The van der Waals surface area contributed by atoms with Gasteiger partial charge in [-0.25, -0.2) is 0 Å².